The van der Waals surface area contributed by atoms with Crippen LogP contribution in [0.3, 0.4) is 0 Å². The van der Waals surface area contributed by atoms with Gasteiger partial charge in [-0.15, -0.1) is 0 Å². The molecule has 1 aliphatic rings. The van der Waals surface area contributed by atoms with E-state index >= 15 is 0 Å². The van der Waals surface area contributed by atoms with Crippen molar-refractivity contribution < 1.29 is 9.90 Å². The molecule has 1 amide bonds. The summed E-state index contributed by atoms with van der Waals surface area (Å²) in [5.41, 5.74) is 3.67. The molecule has 0 radical (unpaired) electrons. The summed E-state index contributed by atoms with van der Waals surface area (Å²) in [7, 11) is 0. The summed E-state index contributed by atoms with van der Waals surface area (Å²) >= 11 is 0. The van der Waals surface area contributed by atoms with Crippen LogP contribution in [0.1, 0.15) is 34.2 Å². The normalized spacial score (nSPS) is 14.4. The molecule has 1 aromatic heterocycles. The molecule has 2 rings (SSSR count). The second kappa shape index (κ2) is 4.22. The average molecular weight is 220 g/mol. The van der Waals surface area contributed by atoms with Crippen LogP contribution in [0.5, 0.6) is 0 Å². The number of amides is 1. The van der Waals surface area contributed by atoms with Crippen molar-refractivity contribution >= 4 is 5.91 Å². The lowest BCUT2D eigenvalue weighted by Crippen LogP contribution is -2.26. The van der Waals surface area contributed by atoms with E-state index in [9.17, 15) is 4.79 Å². The van der Waals surface area contributed by atoms with Gasteiger partial charge in [0.2, 0.25) is 0 Å². The van der Waals surface area contributed by atoms with Gasteiger partial charge in [0.15, 0.2) is 0 Å². The smallest absolute Gasteiger partial charge is 0.256 e. The fourth-order valence-corrected chi connectivity index (χ4v) is 2.08. The minimum Gasteiger partial charge on any atom is -0.395 e. The lowest BCUT2D eigenvalue weighted by Gasteiger charge is -2.12. The Kier molecular flexibility index (Phi) is 2.92. The number of carbonyl (C=O) groups excluding carboxylic acids is 1. The number of pyridine rings is 1. The van der Waals surface area contributed by atoms with E-state index < -0.39 is 0 Å². The van der Waals surface area contributed by atoms with Gasteiger partial charge in [-0.25, -0.2) is 0 Å². The number of hydrogen-bond acceptors (Lipinski definition) is 3. The molecule has 0 unspecified atom stereocenters. The zero-order valence-corrected chi connectivity index (χ0v) is 9.66. The van der Waals surface area contributed by atoms with Crippen molar-refractivity contribution in [1.82, 2.24) is 9.88 Å². The Morgan fingerprint density at radius 3 is 2.94 bits per heavy atom. The Hall–Kier alpha value is -1.42. The minimum atomic E-state index is -0.00810. The van der Waals surface area contributed by atoms with Crippen molar-refractivity contribution in [3.8, 4) is 0 Å². The first-order valence-corrected chi connectivity index (χ1v) is 5.57. The molecule has 0 spiro atoms. The van der Waals surface area contributed by atoms with E-state index in [2.05, 4.69) is 11.9 Å². The van der Waals surface area contributed by atoms with E-state index in [0.29, 0.717) is 18.7 Å². The summed E-state index contributed by atoms with van der Waals surface area (Å²) in [6.45, 7) is 4.94. The highest BCUT2D eigenvalue weighted by Gasteiger charge is 2.28. The summed E-state index contributed by atoms with van der Waals surface area (Å²) in [6.07, 6.45) is 0.888. The highest BCUT2D eigenvalue weighted by atomic mass is 16.3. The molecule has 1 aliphatic heterocycles. The Morgan fingerprint density at radius 1 is 1.56 bits per heavy atom. The van der Waals surface area contributed by atoms with Crippen molar-refractivity contribution in [1.29, 1.82) is 0 Å². The standard InChI is InChI=1S/C12H16N2O2/c1-3-9-6-10-11(13-8(9)2)7-14(4-5-15)12(10)16/h6,15H,3-5,7H2,1-2H3. The van der Waals surface area contributed by atoms with E-state index in [4.69, 9.17) is 5.11 Å². The Labute approximate surface area is 94.9 Å². The van der Waals surface area contributed by atoms with Crippen LogP contribution in [0, 0.1) is 6.92 Å². The van der Waals surface area contributed by atoms with E-state index in [1.54, 1.807) is 4.90 Å². The molecule has 86 valence electrons. The zero-order valence-electron chi connectivity index (χ0n) is 9.66. The molecule has 0 aromatic carbocycles. The van der Waals surface area contributed by atoms with Crippen molar-refractivity contribution in [2.75, 3.05) is 13.2 Å². The van der Waals surface area contributed by atoms with Gasteiger partial charge in [-0.2, -0.15) is 0 Å². The van der Waals surface area contributed by atoms with Crippen molar-refractivity contribution in [2.45, 2.75) is 26.8 Å². The van der Waals surface area contributed by atoms with Crippen LogP contribution in [0.4, 0.5) is 0 Å². The highest BCUT2D eigenvalue weighted by Crippen LogP contribution is 2.23. The second-order valence-electron chi connectivity index (χ2n) is 4.03. The van der Waals surface area contributed by atoms with E-state index in [1.807, 2.05) is 13.0 Å². The van der Waals surface area contributed by atoms with Crippen LogP contribution in [-0.2, 0) is 13.0 Å². The first-order valence-electron chi connectivity index (χ1n) is 5.57. The van der Waals surface area contributed by atoms with Crippen LogP contribution in [-0.4, -0.2) is 34.0 Å². The molecule has 0 saturated heterocycles. The van der Waals surface area contributed by atoms with Gasteiger partial charge >= 0.3 is 0 Å². The summed E-state index contributed by atoms with van der Waals surface area (Å²) < 4.78 is 0. The quantitative estimate of drug-likeness (QED) is 0.823. The lowest BCUT2D eigenvalue weighted by atomic mass is 10.1. The van der Waals surface area contributed by atoms with Crippen molar-refractivity contribution in [2.24, 2.45) is 0 Å². The molecular formula is C12H16N2O2. The number of carbonyl (C=O) groups is 1. The third-order valence-electron chi connectivity index (χ3n) is 3.01. The largest absolute Gasteiger partial charge is 0.395 e. The number of β-amino-alcohol motifs (C(OH)–C–C–N with tert-alkyl or cyclic N) is 1. The lowest BCUT2D eigenvalue weighted by molar-refractivity contribution is 0.0745. The number of nitrogens with zero attached hydrogens (tertiary/aromatic N) is 2. The molecule has 0 fully saturated rings. The highest BCUT2D eigenvalue weighted by molar-refractivity contribution is 5.98. The molecule has 4 nitrogen and oxygen atoms in total. The number of rotatable bonds is 3. The predicted octanol–water partition coefficient (Wildman–Crippen LogP) is 0.901. The Morgan fingerprint density at radius 2 is 2.31 bits per heavy atom. The van der Waals surface area contributed by atoms with E-state index in [-0.39, 0.29) is 12.5 Å². The first-order chi connectivity index (χ1) is 7.67. The number of hydrogen-bond donors (Lipinski definition) is 1. The summed E-state index contributed by atoms with van der Waals surface area (Å²) in [5.74, 6) is -0.00810. The summed E-state index contributed by atoms with van der Waals surface area (Å²) in [4.78, 5) is 18.0. The van der Waals surface area contributed by atoms with Gasteiger partial charge in [0.05, 0.1) is 24.4 Å². The number of aryl methyl sites for hydroxylation is 2. The third-order valence-corrected chi connectivity index (χ3v) is 3.01. The van der Waals surface area contributed by atoms with Crippen LogP contribution in [0.15, 0.2) is 6.07 Å². The molecule has 0 atom stereocenters. The predicted molar refractivity (Wildman–Crippen MR) is 60.2 cm³/mol. The van der Waals surface area contributed by atoms with Gasteiger partial charge in [0.25, 0.3) is 5.91 Å². The number of aromatic nitrogens is 1. The van der Waals surface area contributed by atoms with Gasteiger partial charge < -0.3 is 10.0 Å². The molecular weight excluding hydrogens is 204 g/mol. The summed E-state index contributed by atoms with van der Waals surface area (Å²) in [6, 6.07) is 1.94. The van der Waals surface area contributed by atoms with Crippen LogP contribution < -0.4 is 0 Å². The minimum absolute atomic E-state index is 0.000649. The maximum atomic E-state index is 11.9. The van der Waals surface area contributed by atoms with Crippen LogP contribution >= 0.6 is 0 Å². The molecule has 4 heteroatoms. The first kappa shape index (κ1) is 11.1. The van der Waals surface area contributed by atoms with Gasteiger partial charge in [0, 0.05) is 12.2 Å². The zero-order chi connectivity index (χ0) is 11.7. The average Bonchev–Trinajstić information content (AvgIpc) is 2.55. The van der Waals surface area contributed by atoms with Gasteiger partial charge in [-0.1, -0.05) is 6.92 Å². The van der Waals surface area contributed by atoms with Crippen molar-refractivity contribution in [3.05, 3.63) is 28.6 Å². The fourth-order valence-electron chi connectivity index (χ4n) is 2.08. The third kappa shape index (κ3) is 1.69. The second-order valence-corrected chi connectivity index (χ2v) is 4.03. The van der Waals surface area contributed by atoms with Crippen LogP contribution in [0.25, 0.3) is 0 Å². The number of aliphatic hydroxyl groups excluding tert-OH is 1. The maximum absolute atomic E-state index is 11.9. The fraction of sp³-hybridized carbons (Fsp3) is 0.500. The molecule has 0 aliphatic carbocycles. The topological polar surface area (TPSA) is 53.4 Å². The SMILES string of the molecule is CCc1cc2c(nc1C)CN(CCO)C2=O. The number of aliphatic hydroxyl groups is 1. The maximum Gasteiger partial charge on any atom is 0.256 e. The monoisotopic (exact) mass is 220 g/mol. The van der Waals surface area contributed by atoms with E-state index in [1.165, 1.54) is 0 Å². The van der Waals surface area contributed by atoms with Crippen molar-refractivity contribution in [3.63, 3.8) is 0 Å². The molecule has 0 bridgehead atoms. The Balaban J connectivity index is 2.37. The summed E-state index contributed by atoms with van der Waals surface area (Å²) in [5, 5.41) is 8.86. The van der Waals surface area contributed by atoms with Gasteiger partial charge in [-0.05, 0) is 25.0 Å². The van der Waals surface area contributed by atoms with Gasteiger partial charge in [0.1, 0.15) is 0 Å². The molecule has 1 N–H and O–H groups in total. The molecule has 1 aromatic rings. The van der Waals surface area contributed by atoms with E-state index in [0.717, 1.165) is 23.4 Å². The molecule has 0 saturated carbocycles. The number of fused-ring (bicyclic) bond motifs is 1. The molecule has 16 heavy (non-hydrogen) atoms. The molecule has 2 heterocycles. The Bertz CT molecular complexity index is 429. The van der Waals surface area contributed by atoms with Gasteiger partial charge in [-0.3, -0.25) is 9.78 Å². The van der Waals surface area contributed by atoms with Crippen LogP contribution in [0.2, 0.25) is 0 Å².